The van der Waals surface area contributed by atoms with Crippen molar-refractivity contribution in [1.82, 2.24) is 4.57 Å². The topological polar surface area (TPSA) is 45.2 Å². The standard InChI is InChI=1S/C11H8N2O2/c1-15-8-2-3-9-7(4-8)5-10-11(14)12-6-13(9)10/h2-6H,1H3/p+1. The number of methoxy groups -OCH3 is 1. The lowest BCUT2D eigenvalue weighted by atomic mass is 10.2. The number of hydrogen-bond donors (Lipinski definition) is 1. The third-order valence-corrected chi connectivity index (χ3v) is 2.60. The first-order valence-electron chi connectivity index (χ1n) is 4.63. The van der Waals surface area contributed by atoms with Crippen molar-refractivity contribution in [2.45, 2.75) is 0 Å². The average Bonchev–Trinajstić information content (AvgIpc) is 2.78. The quantitative estimate of drug-likeness (QED) is 0.692. The van der Waals surface area contributed by atoms with Gasteiger partial charge in [-0.05, 0) is 18.2 Å². The Morgan fingerprint density at radius 3 is 3.00 bits per heavy atom. The second-order valence-corrected chi connectivity index (χ2v) is 3.43. The van der Waals surface area contributed by atoms with Gasteiger partial charge in [0.1, 0.15) is 11.3 Å². The van der Waals surface area contributed by atoms with Crippen molar-refractivity contribution in [3.05, 3.63) is 30.0 Å². The van der Waals surface area contributed by atoms with Gasteiger partial charge in [-0.1, -0.05) is 0 Å². The van der Waals surface area contributed by atoms with Gasteiger partial charge >= 0.3 is 5.91 Å². The van der Waals surface area contributed by atoms with E-state index in [1.54, 1.807) is 13.4 Å². The molecule has 0 bridgehead atoms. The highest BCUT2D eigenvalue weighted by Crippen LogP contribution is 2.23. The van der Waals surface area contributed by atoms with E-state index < -0.39 is 0 Å². The molecule has 2 heterocycles. The van der Waals surface area contributed by atoms with E-state index in [4.69, 9.17) is 4.74 Å². The Hall–Kier alpha value is -2.10. The molecule has 0 radical (unpaired) electrons. The predicted molar refractivity (Wildman–Crippen MR) is 55.2 cm³/mol. The summed E-state index contributed by atoms with van der Waals surface area (Å²) in [7, 11) is 1.63. The second kappa shape index (κ2) is 2.70. The number of benzene rings is 1. The van der Waals surface area contributed by atoms with E-state index in [1.807, 2.05) is 28.8 Å². The average molecular weight is 201 g/mol. The van der Waals surface area contributed by atoms with Gasteiger partial charge in [0.05, 0.1) is 7.11 Å². The highest BCUT2D eigenvalue weighted by Gasteiger charge is 2.26. The summed E-state index contributed by atoms with van der Waals surface area (Å²) in [6.45, 7) is 0. The van der Waals surface area contributed by atoms with E-state index in [0.717, 1.165) is 16.7 Å². The van der Waals surface area contributed by atoms with Gasteiger partial charge < -0.3 is 4.74 Å². The summed E-state index contributed by atoms with van der Waals surface area (Å²) >= 11 is 0. The molecule has 3 rings (SSSR count). The van der Waals surface area contributed by atoms with Crippen molar-refractivity contribution < 1.29 is 14.5 Å². The number of nitrogens with zero attached hydrogens (tertiary/aromatic N) is 1. The van der Waals surface area contributed by atoms with Crippen LogP contribution in [0, 0.1) is 0 Å². The fourth-order valence-electron chi connectivity index (χ4n) is 1.85. The molecular weight excluding hydrogens is 192 g/mol. The lowest BCUT2D eigenvalue weighted by Crippen LogP contribution is -2.70. The minimum atomic E-state index is -0.0647. The Morgan fingerprint density at radius 2 is 2.20 bits per heavy atom. The third kappa shape index (κ3) is 1.01. The van der Waals surface area contributed by atoms with Crippen molar-refractivity contribution in [3.63, 3.8) is 0 Å². The van der Waals surface area contributed by atoms with Crippen LogP contribution in [0.4, 0.5) is 0 Å². The molecule has 1 aliphatic heterocycles. The Kier molecular flexibility index (Phi) is 1.48. The Bertz CT molecular complexity index is 596. The van der Waals surface area contributed by atoms with Crippen LogP contribution in [-0.2, 0) is 0 Å². The molecule has 15 heavy (non-hydrogen) atoms. The summed E-state index contributed by atoms with van der Waals surface area (Å²) < 4.78 is 6.97. The normalized spacial score (nSPS) is 13.5. The van der Waals surface area contributed by atoms with E-state index in [1.165, 1.54) is 0 Å². The lowest BCUT2D eigenvalue weighted by Gasteiger charge is -1.97. The fourth-order valence-corrected chi connectivity index (χ4v) is 1.85. The van der Waals surface area contributed by atoms with Crippen LogP contribution in [-0.4, -0.2) is 23.9 Å². The van der Waals surface area contributed by atoms with Gasteiger partial charge in [-0.15, -0.1) is 0 Å². The number of nitrogens with one attached hydrogen (secondary N) is 1. The smallest absolute Gasteiger partial charge is 0.378 e. The van der Waals surface area contributed by atoms with Crippen LogP contribution < -0.4 is 9.73 Å². The van der Waals surface area contributed by atoms with Gasteiger partial charge in [0.25, 0.3) is 0 Å². The third-order valence-electron chi connectivity index (χ3n) is 2.60. The Labute approximate surface area is 85.8 Å². The molecule has 0 saturated heterocycles. The molecule has 1 N–H and O–H groups in total. The van der Waals surface area contributed by atoms with Gasteiger partial charge in [-0.2, -0.15) is 4.57 Å². The van der Waals surface area contributed by atoms with Crippen LogP contribution in [0.3, 0.4) is 0 Å². The van der Waals surface area contributed by atoms with Gasteiger partial charge in [-0.25, -0.2) is 9.79 Å². The first kappa shape index (κ1) is 8.23. The zero-order valence-corrected chi connectivity index (χ0v) is 8.15. The van der Waals surface area contributed by atoms with Gasteiger partial charge in [-0.3, -0.25) is 0 Å². The molecule has 2 aromatic rings. The van der Waals surface area contributed by atoms with Gasteiger partial charge in [0.15, 0.2) is 0 Å². The van der Waals surface area contributed by atoms with Crippen LogP contribution in [0.2, 0.25) is 0 Å². The highest BCUT2D eigenvalue weighted by molar-refractivity contribution is 6.01. The highest BCUT2D eigenvalue weighted by atomic mass is 16.5. The molecule has 0 saturated carbocycles. The molecule has 1 amide bonds. The SMILES string of the molecule is COc1ccc2c(c1)cc1n2C=[NH+]C1=O. The van der Waals surface area contributed by atoms with Crippen LogP contribution >= 0.6 is 0 Å². The molecule has 1 aliphatic rings. The molecule has 0 atom stereocenters. The molecule has 0 fully saturated rings. The van der Waals surface area contributed by atoms with Crippen molar-refractivity contribution in [2.24, 2.45) is 0 Å². The van der Waals surface area contributed by atoms with Crippen molar-refractivity contribution in [2.75, 3.05) is 7.11 Å². The first-order valence-corrected chi connectivity index (χ1v) is 4.63. The summed E-state index contributed by atoms with van der Waals surface area (Å²) in [6, 6.07) is 7.60. The van der Waals surface area contributed by atoms with E-state index >= 15 is 0 Å². The number of rotatable bonds is 1. The van der Waals surface area contributed by atoms with Gasteiger partial charge in [0, 0.05) is 11.5 Å². The molecule has 4 heteroatoms. The summed E-state index contributed by atoms with van der Waals surface area (Å²) in [4.78, 5) is 14.0. The number of aromatic nitrogens is 1. The minimum absolute atomic E-state index is 0.0647. The maximum Gasteiger partial charge on any atom is 0.378 e. The van der Waals surface area contributed by atoms with Crippen LogP contribution in [0.25, 0.3) is 10.9 Å². The van der Waals surface area contributed by atoms with Crippen LogP contribution in [0.5, 0.6) is 5.75 Å². The maximum absolute atomic E-state index is 11.4. The van der Waals surface area contributed by atoms with Crippen LogP contribution in [0.15, 0.2) is 24.3 Å². The summed E-state index contributed by atoms with van der Waals surface area (Å²) in [6.07, 6.45) is 1.67. The largest absolute Gasteiger partial charge is 0.497 e. The molecule has 0 unspecified atom stereocenters. The number of amides is 1. The van der Waals surface area contributed by atoms with Crippen molar-refractivity contribution in [1.29, 1.82) is 0 Å². The number of hydrogen-bond acceptors (Lipinski definition) is 2. The first-order chi connectivity index (χ1) is 7.29. The Balaban J connectivity index is 2.34. The molecular formula is C11H9N2O2+. The maximum atomic E-state index is 11.4. The number of carbonyl (C=O) groups is 1. The number of carbonyl (C=O) groups excluding carboxylic acids is 1. The molecule has 74 valence electrons. The van der Waals surface area contributed by atoms with Gasteiger partial charge in [0.2, 0.25) is 12.0 Å². The molecule has 1 aromatic carbocycles. The zero-order valence-electron chi connectivity index (χ0n) is 8.15. The summed E-state index contributed by atoms with van der Waals surface area (Å²) in [5.74, 6) is 0.734. The Morgan fingerprint density at radius 1 is 1.33 bits per heavy atom. The lowest BCUT2D eigenvalue weighted by molar-refractivity contribution is -0.336. The monoisotopic (exact) mass is 201 g/mol. The van der Waals surface area contributed by atoms with E-state index in [9.17, 15) is 4.79 Å². The fraction of sp³-hybridized carbons (Fsp3) is 0.0909. The van der Waals surface area contributed by atoms with Crippen molar-refractivity contribution in [3.8, 4) is 5.75 Å². The molecule has 0 spiro atoms. The molecule has 4 nitrogen and oxygen atoms in total. The minimum Gasteiger partial charge on any atom is -0.497 e. The number of fused-ring (bicyclic) bond motifs is 3. The molecule has 1 aromatic heterocycles. The second-order valence-electron chi connectivity index (χ2n) is 3.43. The van der Waals surface area contributed by atoms with Crippen LogP contribution in [0.1, 0.15) is 10.5 Å². The van der Waals surface area contributed by atoms with E-state index in [0.29, 0.717) is 5.69 Å². The van der Waals surface area contributed by atoms with E-state index in [-0.39, 0.29) is 5.91 Å². The predicted octanol–water partition coefficient (Wildman–Crippen LogP) is -0.239. The van der Waals surface area contributed by atoms with Crippen molar-refractivity contribution >= 4 is 23.1 Å². The summed E-state index contributed by atoms with van der Waals surface area (Å²) in [5, 5.41) is 1.01. The molecule has 0 aliphatic carbocycles. The number of ether oxygens (including phenoxy) is 1. The van der Waals surface area contributed by atoms with E-state index in [2.05, 4.69) is 4.99 Å². The summed E-state index contributed by atoms with van der Waals surface area (Å²) in [5.41, 5.74) is 1.67. The zero-order chi connectivity index (χ0) is 10.4.